The summed E-state index contributed by atoms with van der Waals surface area (Å²) < 4.78 is 7.81. The van der Waals surface area contributed by atoms with Gasteiger partial charge in [-0.3, -0.25) is 4.79 Å². The van der Waals surface area contributed by atoms with Gasteiger partial charge in [-0.1, -0.05) is 24.3 Å². The zero-order chi connectivity index (χ0) is 26.1. The third kappa shape index (κ3) is 4.68. The molecule has 1 aliphatic carbocycles. The smallest absolute Gasteiger partial charge is 0.252 e. The number of aromatic nitrogens is 4. The van der Waals surface area contributed by atoms with Crippen molar-refractivity contribution in [3.8, 4) is 22.8 Å². The number of benzene rings is 2. The molecule has 1 saturated heterocycles. The number of likely N-dealkylation sites (tertiary alicyclic amines) is 1. The third-order valence-corrected chi connectivity index (χ3v) is 7.01. The SMILES string of the molecule is [C-]#[N+]C(=CC1CC1)C(=O)N1CCC[C@@H](n2nc(-c3ccc(Oc4ccccc4)cc3)c3c(N)ncnc32)C1. The van der Waals surface area contributed by atoms with Crippen LogP contribution in [0.3, 0.4) is 0 Å². The van der Waals surface area contributed by atoms with Crippen LogP contribution < -0.4 is 10.5 Å². The number of para-hydroxylation sites is 1. The Labute approximate surface area is 220 Å². The molecule has 0 spiro atoms. The van der Waals surface area contributed by atoms with E-state index in [2.05, 4.69) is 14.8 Å². The summed E-state index contributed by atoms with van der Waals surface area (Å²) in [4.78, 5) is 27.2. The maximum atomic E-state index is 13.1. The molecule has 190 valence electrons. The first-order valence-electron chi connectivity index (χ1n) is 12.8. The lowest BCUT2D eigenvalue weighted by Gasteiger charge is -2.33. The van der Waals surface area contributed by atoms with Gasteiger partial charge in [-0.05, 0) is 68.0 Å². The lowest BCUT2D eigenvalue weighted by atomic mass is 10.1. The fraction of sp³-hybridized carbons (Fsp3) is 0.276. The zero-order valence-corrected chi connectivity index (χ0v) is 20.8. The summed E-state index contributed by atoms with van der Waals surface area (Å²) in [7, 11) is 0. The molecule has 9 nitrogen and oxygen atoms in total. The second kappa shape index (κ2) is 9.98. The summed E-state index contributed by atoms with van der Waals surface area (Å²) >= 11 is 0. The minimum Gasteiger partial charge on any atom is -0.457 e. The average Bonchev–Trinajstić information content (AvgIpc) is 3.69. The molecule has 3 heterocycles. The minimum atomic E-state index is -0.198. The van der Waals surface area contributed by atoms with E-state index in [1.165, 1.54) is 6.33 Å². The monoisotopic (exact) mass is 505 g/mol. The zero-order valence-electron chi connectivity index (χ0n) is 20.8. The molecule has 2 aliphatic rings. The lowest BCUT2D eigenvalue weighted by Crippen LogP contribution is -2.41. The van der Waals surface area contributed by atoms with Crippen LogP contribution in [-0.2, 0) is 4.79 Å². The second-order valence-electron chi connectivity index (χ2n) is 9.74. The molecule has 2 N–H and O–H groups in total. The fourth-order valence-corrected chi connectivity index (χ4v) is 4.90. The topological polar surface area (TPSA) is 104 Å². The van der Waals surface area contributed by atoms with Gasteiger partial charge in [0, 0.05) is 18.7 Å². The van der Waals surface area contributed by atoms with Crippen LogP contribution in [0.15, 0.2) is 72.7 Å². The number of nitrogen functional groups attached to an aromatic ring is 1. The second-order valence-corrected chi connectivity index (χ2v) is 9.74. The van der Waals surface area contributed by atoms with Gasteiger partial charge in [0.05, 0.1) is 18.0 Å². The maximum Gasteiger partial charge on any atom is 0.252 e. The molecule has 0 bridgehead atoms. The van der Waals surface area contributed by atoms with E-state index >= 15 is 0 Å². The minimum absolute atomic E-state index is 0.0909. The van der Waals surface area contributed by atoms with E-state index in [0.29, 0.717) is 47.3 Å². The summed E-state index contributed by atoms with van der Waals surface area (Å²) in [5.41, 5.74) is 8.73. The number of hydrogen-bond donors (Lipinski definition) is 1. The number of nitrogens with two attached hydrogens (primary N) is 1. The van der Waals surface area contributed by atoms with Crippen molar-refractivity contribution in [3.63, 3.8) is 0 Å². The summed E-state index contributed by atoms with van der Waals surface area (Å²) in [6.45, 7) is 8.59. The number of anilines is 1. The Morgan fingerprint density at radius 2 is 1.82 bits per heavy atom. The van der Waals surface area contributed by atoms with Crippen LogP contribution in [-0.4, -0.2) is 43.6 Å². The summed E-state index contributed by atoms with van der Waals surface area (Å²) in [5, 5.41) is 5.64. The number of rotatable bonds is 6. The summed E-state index contributed by atoms with van der Waals surface area (Å²) in [5.74, 6) is 2.00. The number of nitrogens with zero attached hydrogens (tertiary/aromatic N) is 6. The predicted octanol–water partition coefficient (Wildman–Crippen LogP) is 5.24. The molecule has 0 unspecified atom stereocenters. The van der Waals surface area contributed by atoms with Crippen molar-refractivity contribution in [2.24, 2.45) is 5.92 Å². The van der Waals surface area contributed by atoms with Gasteiger partial charge in [0.1, 0.15) is 29.3 Å². The third-order valence-electron chi connectivity index (χ3n) is 7.01. The van der Waals surface area contributed by atoms with Crippen molar-refractivity contribution in [3.05, 3.63) is 84.1 Å². The number of piperidine rings is 1. The molecular formula is C29H27N7O2. The number of allylic oxidation sites excluding steroid dienone is 1. The highest BCUT2D eigenvalue weighted by Gasteiger charge is 2.31. The first kappa shape index (κ1) is 23.7. The van der Waals surface area contributed by atoms with Crippen LogP contribution in [0, 0.1) is 12.5 Å². The van der Waals surface area contributed by atoms with Gasteiger partial charge in [0.2, 0.25) is 5.70 Å². The number of carbonyl (C=O) groups excluding carboxylic acids is 1. The normalized spacial score (nSPS) is 17.8. The fourth-order valence-electron chi connectivity index (χ4n) is 4.90. The van der Waals surface area contributed by atoms with Crippen LogP contribution in [0.1, 0.15) is 31.7 Å². The highest BCUT2D eigenvalue weighted by atomic mass is 16.5. The van der Waals surface area contributed by atoms with Gasteiger partial charge in [0.15, 0.2) is 5.65 Å². The van der Waals surface area contributed by atoms with E-state index in [0.717, 1.165) is 37.0 Å². The summed E-state index contributed by atoms with van der Waals surface area (Å²) in [6, 6.07) is 17.2. The van der Waals surface area contributed by atoms with Crippen molar-refractivity contribution in [1.82, 2.24) is 24.6 Å². The Morgan fingerprint density at radius 3 is 2.55 bits per heavy atom. The molecule has 1 aliphatic heterocycles. The van der Waals surface area contributed by atoms with Crippen molar-refractivity contribution < 1.29 is 9.53 Å². The van der Waals surface area contributed by atoms with E-state index in [9.17, 15) is 4.79 Å². The molecule has 2 fully saturated rings. The van der Waals surface area contributed by atoms with Gasteiger partial charge >= 0.3 is 0 Å². The molecule has 4 aromatic rings. The standard InChI is InChI=1S/C29H27N7O2/c1-31-24(16-19-9-10-19)29(37)35-15-5-6-21(17-35)36-28-25(27(30)32-18-33-28)26(34-36)20-11-13-23(14-12-20)38-22-7-3-2-4-8-22/h2-4,7-8,11-14,16,18-19,21H,5-6,9-10,15,17H2,(H2,30,32,33)/t21-/m1/s1. The van der Waals surface area contributed by atoms with E-state index in [1.54, 1.807) is 4.90 Å². The Balaban J connectivity index is 1.30. The molecule has 38 heavy (non-hydrogen) atoms. The van der Waals surface area contributed by atoms with Crippen LogP contribution >= 0.6 is 0 Å². The highest BCUT2D eigenvalue weighted by molar-refractivity contribution is 5.98. The van der Waals surface area contributed by atoms with E-state index in [1.807, 2.05) is 65.4 Å². The first-order valence-corrected chi connectivity index (χ1v) is 12.8. The van der Waals surface area contributed by atoms with E-state index < -0.39 is 0 Å². The van der Waals surface area contributed by atoms with Crippen molar-refractivity contribution in [2.75, 3.05) is 18.8 Å². The van der Waals surface area contributed by atoms with Gasteiger partial charge in [-0.2, -0.15) is 5.10 Å². The Bertz CT molecular complexity index is 1550. The maximum absolute atomic E-state index is 13.1. The number of hydrogen-bond acceptors (Lipinski definition) is 6. The van der Waals surface area contributed by atoms with Gasteiger partial charge in [-0.25, -0.2) is 19.5 Å². The van der Waals surface area contributed by atoms with E-state index in [-0.39, 0.29) is 17.6 Å². The van der Waals surface area contributed by atoms with Crippen LogP contribution in [0.25, 0.3) is 27.1 Å². The summed E-state index contributed by atoms with van der Waals surface area (Å²) in [6.07, 6.45) is 7.04. The lowest BCUT2D eigenvalue weighted by molar-refractivity contribution is -0.128. The number of amides is 1. The molecule has 0 radical (unpaired) electrons. The van der Waals surface area contributed by atoms with Gasteiger partial charge in [-0.15, -0.1) is 0 Å². The Hall–Kier alpha value is -4.71. The Kier molecular flexibility index (Phi) is 6.22. The number of ether oxygens (including phenoxy) is 1. The highest BCUT2D eigenvalue weighted by Crippen LogP contribution is 2.36. The van der Waals surface area contributed by atoms with Crippen molar-refractivity contribution in [2.45, 2.75) is 31.7 Å². The molecule has 2 aromatic carbocycles. The van der Waals surface area contributed by atoms with Crippen LogP contribution in [0.2, 0.25) is 0 Å². The average molecular weight is 506 g/mol. The number of fused-ring (bicyclic) bond motifs is 1. The molecule has 1 atom stereocenters. The van der Waals surface area contributed by atoms with Crippen LogP contribution in [0.4, 0.5) is 5.82 Å². The molecule has 2 aromatic heterocycles. The first-order chi connectivity index (χ1) is 18.6. The van der Waals surface area contributed by atoms with Crippen molar-refractivity contribution >= 4 is 22.8 Å². The molecule has 1 amide bonds. The van der Waals surface area contributed by atoms with Gasteiger partial charge in [0.25, 0.3) is 5.91 Å². The van der Waals surface area contributed by atoms with Gasteiger partial charge < -0.3 is 15.4 Å². The van der Waals surface area contributed by atoms with E-state index in [4.69, 9.17) is 22.1 Å². The van der Waals surface area contributed by atoms with Crippen LogP contribution in [0.5, 0.6) is 11.5 Å². The number of carbonyl (C=O) groups is 1. The molecule has 1 saturated carbocycles. The Morgan fingerprint density at radius 1 is 1.05 bits per heavy atom. The molecule has 9 heteroatoms. The predicted molar refractivity (Wildman–Crippen MR) is 144 cm³/mol. The molecule has 6 rings (SSSR count). The molecular weight excluding hydrogens is 478 g/mol. The largest absolute Gasteiger partial charge is 0.457 e. The van der Waals surface area contributed by atoms with Crippen molar-refractivity contribution in [1.29, 1.82) is 0 Å². The quantitative estimate of drug-likeness (QED) is 0.284.